The maximum Gasteiger partial charge on any atom is 0.142 e. The molecule has 3 nitrogen and oxygen atoms in total. The minimum atomic E-state index is 0.600. The molecule has 1 aromatic heterocycles. The summed E-state index contributed by atoms with van der Waals surface area (Å²) in [4.78, 5) is 4.55. The number of hydrogen-bond acceptors (Lipinski definition) is 3. The average molecular weight is 250 g/mol. The van der Waals surface area contributed by atoms with Crippen LogP contribution in [0.2, 0.25) is 0 Å². The Bertz CT molecular complexity index is 352. The zero-order valence-corrected chi connectivity index (χ0v) is 12.1. The molecule has 1 heterocycles. The summed E-state index contributed by atoms with van der Waals surface area (Å²) in [6.45, 7) is 11.0. The van der Waals surface area contributed by atoms with Gasteiger partial charge in [-0.25, -0.2) is 0 Å². The van der Waals surface area contributed by atoms with Gasteiger partial charge in [-0.3, -0.25) is 4.98 Å². The van der Waals surface area contributed by atoms with Gasteiger partial charge in [0.1, 0.15) is 5.75 Å². The molecule has 0 saturated carbocycles. The van der Waals surface area contributed by atoms with Crippen molar-refractivity contribution in [2.45, 2.75) is 47.1 Å². The van der Waals surface area contributed by atoms with Gasteiger partial charge in [0.15, 0.2) is 0 Å². The number of hydrogen-bond donors (Lipinski definition) is 1. The van der Waals surface area contributed by atoms with Gasteiger partial charge in [-0.2, -0.15) is 0 Å². The predicted molar refractivity (Wildman–Crippen MR) is 75.9 cm³/mol. The minimum Gasteiger partial charge on any atom is -0.491 e. The smallest absolute Gasteiger partial charge is 0.142 e. The molecule has 0 saturated heterocycles. The minimum absolute atomic E-state index is 0.600. The normalized spacial score (nSPS) is 12.4. The molecular formula is C15H26N2O. The van der Waals surface area contributed by atoms with Gasteiger partial charge >= 0.3 is 0 Å². The van der Waals surface area contributed by atoms with Crippen LogP contribution < -0.4 is 10.1 Å². The predicted octanol–water partition coefficient (Wildman–Crippen LogP) is 3.31. The number of ether oxygens (including phenoxy) is 1. The third-order valence-corrected chi connectivity index (χ3v) is 2.92. The Morgan fingerprint density at radius 2 is 2.11 bits per heavy atom. The number of aromatic nitrogens is 1. The largest absolute Gasteiger partial charge is 0.491 e. The monoisotopic (exact) mass is 250 g/mol. The summed E-state index contributed by atoms with van der Waals surface area (Å²) in [7, 11) is 0. The molecule has 1 aromatic rings. The molecule has 0 aliphatic carbocycles. The van der Waals surface area contributed by atoms with Crippen LogP contribution in [-0.2, 0) is 6.54 Å². The lowest BCUT2D eigenvalue weighted by Crippen LogP contribution is -2.16. The molecule has 1 unspecified atom stereocenters. The van der Waals surface area contributed by atoms with E-state index < -0.39 is 0 Å². The lowest BCUT2D eigenvalue weighted by atomic mass is 10.1. The van der Waals surface area contributed by atoms with Crippen molar-refractivity contribution in [1.82, 2.24) is 10.3 Å². The van der Waals surface area contributed by atoms with Crippen molar-refractivity contribution >= 4 is 0 Å². The second kappa shape index (κ2) is 8.09. The van der Waals surface area contributed by atoms with E-state index in [-0.39, 0.29) is 0 Å². The molecule has 0 amide bonds. The first kappa shape index (κ1) is 15.0. The highest BCUT2D eigenvalue weighted by Crippen LogP contribution is 2.18. The molecule has 0 aliphatic rings. The fourth-order valence-electron chi connectivity index (χ4n) is 1.91. The highest BCUT2D eigenvalue weighted by Gasteiger charge is 2.08. The Balaban J connectivity index is 2.62. The Hall–Kier alpha value is -1.09. The van der Waals surface area contributed by atoms with Crippen LogP contribution in [0, 0.1) is 12.8 Å². The van der Waals surface area contributed by atoms with Gasteiger partial charge < -0.3 is 10.1 Å². The van der Waals surface area contributed by atoms with Crippen LogP contribution in [0.15, 0.2) is 12.1 Å². The summed E-state index contributed by atoms with van der Waals surface area (Å²) in [5, 5.41) is 3.30. The molecule has 0 aliphatic heterocycles. The molecular weight excluding hydrogens is 224 g/mol. The van der Waals surface area contributed by atoms with E-state index in [1.54, 1.807) is 0 Å². The Morgan fingerprint density at radius 3 is 2.78 bits per heavy atom. The average Bonchev–Trinajstić information content (AvgIpc) is 2.35. The number of nitrogens with zero attached hydrogens (tertiary/aromatic N) is 1. The summed E-state index contributed by atoms with van der Waals surface area (Å²) in [5.41, 5.74) is 2.05. The third-order valence-electron chi connectivity index (χ3n) is 2.92. The topological polar surface area (TPSA) is 34.1 Å². The van der Waals surface area contributed by atoms with Gasteiger partial charge in [-0.1, -0.05) is 27.2 Å². The molecule has 0 fully saturated rings. The summed E-state index contributed by atoms with van der Waals surface area (Å²) in [6, 6.07) is 4.04. The molecule has 0 aromatic carbocycles. The molecule has 0 bridgehead atoms. The van der Waals surface area contributed by atoms with Crippen LogP contribution >= 0.6 is 0 Å². The lowest BCUT2D eigenvalue weighted by Gasteiger charge is -2.15. The first-order chi connectivity index (χ1) is 8.67. The van der Waals surface area contributed by atoms with Crippen molar-refractivity contribution in [2.24, 2.45) is 5.92 Å². The summed E-state index contributed by atoms with van der Waals surface area (Å²) in [5.74, 6) is 1.52. The quantitative estimate of drug-likeness (QED) is 0.768. The maximum atomic E-state index is 5.90. The van der Waals surface area contributed by atoms with E-state index in [9.17, 15) is 0 Å². The van der Waals surface area contributed by atoms with E-state index in [1.165, 1.54) is 12.8 Å². The first-order valence-electron chi connectivity index (χ1n) is 6.97. The van der Waals surface area contributed by atoms with E-state index >= 15 is 0 Å². The van der Waals surface area contributed by atoms with Gasteiger partial charge in [0.2, 0.25) is 0 Å². The number of nitrogens with one attached hydrogen (secondary N) is 1. The van der Waals surface area contributed by atoms with Crippen LogP contribution in [0.1, 0.15) is 45.0 Å². The second-order valence-corrected chi connectivity index (χ2v) is 4.88. The highest BCUT2D eigenvalue weighted by atomic mass is 16.5. The van der Waals surface area contributed by atoms with Crippen LogP contribution in [0.4, 0.5) is 0 Å². The lowest BCUT2D eigenvalue weighted by molar-refractivity contribution is 0.248. The van der Waals surface area contributed by atoms with E-state index in [0.717, 1.165) is 36.8 Å². The third kappa shape index (κ3) is 5.05. The van der Waals surface area contributed by atoms with E-state index in [2.05, 4.69) is 31.1 Å². The zero-order valence-electron chi connectivity index (χ0n) is 12.1. The Morgan fingerprint density at radius 1 is 1.33 bits per heavy atom. The van der Waals surface area contributed by atoms with Crippen LogP contribution in [0.5, 0.6) is 5.75 Å². The first-order valence-corrected chi connectivity index (χ1v) is 6.97. The van der Waals surface area contributed by atoms with Crippen molar-refractivity contribution < 1.29 is 4.74 Å². The molecule has 1 N–H and O–H groups in total. The number of aryl methyl sites for hydroxylation is 1. The zero-order chi connectivity index (χ0) is 13.4. The van der Waals surface area contributed by atoms with Crippen molar-refractivity contribution in [3.05, 3.63) is 23.5 Å². The van der Waals surface area contributed by atoms with Gasteiger partial charge in [-0.05, 0) is 37.9 Å². The van der Waals surface area contributed by atoms with Crippen molar-refractivity contribution in [3.8, 4) is 5.75 Å². The summed E-state index contributed by atoms with van der Waals surface area (Å²) in [6.07, 6.45) is 2.42. The summed E-state index contributed by atoms with van der Waals surface area (Å²) < 4.78 is 5.90. The number of pyridine rings is 1. The number of rotatable bonds is 8. The summed E-state index contributed by atoms with van der Waals surface area (Å²) >= 11 is 0. The van der Waals surface area contributed by atoms with Gasteiger partial charge in [-0.15, -0.1) is 0 Å². The fourth-order valence-corrected chi connectivity index (χ4v) is 1.91. The highest BCUT2D eigenvalue weighted by molar-refractivity contribution is 5.29. The van der Waals surface area contributed by atoms with Crippen LogP contribution in [0.25, 0.3) is 0 Å². The Labute approximate surface area is 111 Å². The van der Waals surface area contributed by atoms with E-state index in [4.69, 9.17) is 4.74 Å². The molecule has 102 valence electrons. The van der Waals surface area contributed by atoms with Crippen molar-refractivity contribution in [2.75, 3.05) is 13.2 Å². The molecule has 3 heteroatoms. The SMILES string of the molecule is CCCC(C)COc1ccc(C)nc1CNCC. The molecule has 1 atom stereocenters. The molecule has 18 heavy (non-hydrogen) atoms. The fraction of sp³-hybridized carbons (Fsp3) is 0.667. The molecule has 1 rings (SSSR count). The van der Waals surface area contributed by atoms with Gasteiger partial charge in [0.05, 0.1) is 12.3 Å². The Kier molecular flexibility index (Phi) is 6.73. The van der Waals surface area contributed by atoms with Crippen LogP contribution in [-0.4, -0.2) is 18.1 Å². The van der Waals surface area contributed by atoms with Crippen molar-refractivity contribution in [1.29, 1.82) is 0 Å². The van der Waals surface area contributed by atoms with E-state index in [1.807, 2.05) is 19.1 Å². The van der Waals surface area contributed by atoms with E-state index in [0.29, 0.717) is 5.92 Å². The van der Waals surface area contributed by atoms with Crippen molar-refractivity contribution in [3.63, 3.8) is 0 Å². The standard InChI is InChI=1S/C15H26N2O/c1-5-7-12(3)11-18-15-9-8-13(4)17-14(15)10-16-6-2/h8-9,12,16H,5-7,10-11H2,1-4H3. The van der Waals surface area contributed by atoms with Gasteiger partial charge in [0.25, 0.3) is 0 Å². The van der Waals surface area contributed by atoms with Gasteiger partial charge in [0, 0.05) is 12.2 Å². The second-order valence-electron chi connectivity index (χ2n) is 4.88. The van der Waals surface area contributed by atoms with Crippen LogP contribution in [0.3, 0.4) is 0 Å². The maximum absolute atomic E-state index is 5.90. The molecule has 0 radical (unpaired) electrons. The molecule has 0 spiro atoms.